The molecule has 2 aliphatic rings. The third-order valence-electron chi connectivity index (χ3n) is 8.16. The van der Waals surface area contributed by atoms with Gasteiger partial charge in [-0.25, -0.2) is 14.4 Å². The Kier molecular flexibility index (Phi) is 6.91. The van der Waals surface area contributed by atoms with Crippen LogP contribution in [0, 0.1) is 11.7 Å². The molecule has 0 saturated carbocycles. The monoisotopic (exact) mass is 557 g/mol. The molecular weight excluding hydrogens is 521 g/mol. The number of carbonyl (C=O) groups excluding carboxylic acids is 1. The molecule has 214 valence electrons. The number of nitrogens with zero attached hydrogens (tertiary/aromatic N) is 5. The highest BCUT2D eigenvalue weighted by Gasteiger charge is 2.32. The molecule has 3 aromatic heterocycles. The molecule has 2 aliphatic heterocycles. The van der Waals surface area contributed by atoms with E-state index in [0.29, 0.717) is 35.8 Å². The molecule has 1 amide bonds. The first-order valence-corrected chi connectivity index (χ1v) is 14.0. The van der Waals surface area contributed by atoms with Crippen LogP contribution in [0.25, 0.3) is 16.9 Å². The van der Waals surface area contributed by atoms with Gasteiger partial charge in [-0.05, 0) is 70.6 Å². The van der Waals surface area contributed by atoms with Crippen molar-refractivity contribution in [1.82, 2.24) is 24.6 Å². The molecule has 9 nitrogen and oxygen atoms in total. The van der Waals surface area contributed by atoms with Crippen molar-refractivity contribution < 1.29 is 14.3 Å². The number of rotatable bonds is 7. The van der Waals surface area contributed by atoms with Crippen LogP contribution < -0.4 is 15.5 Å². The van der Waals surface area contributed by atoms with E-state index in [4.69, 9.17) is 4.98 Å². The fourth-order valence-electron chi connectivity index (χ4n) is 6.03. The lowest BCUT2D eigenvalue weighted by Crippen LogP contribution is -2.45. The highest BCUT2D eigenvalue weighted by atomic mass is 19.1. The summed E-state index contributed by atoms with van der Waals surface area (Å²) in [5.74, 6) is 0.343. The first kappa shape index (κ1) is 27.2. The fourth-order valence-corrected chi connectivity index (χ4v) is 6.03. The van der Waals surface area contributed by atoms with Crippen molar-refractivity contribution in [1.29, 1.82) is 0 Å². The summed E-state index contributed by atoms with van der Waals surface area (Å²) in [6.07, 6.45) is 5.38. The second kappa shape index (κ2) is 10.4. The van der Waals surface area contributed by atoms with Crippen LogP contribution in [-0.4, -0.2) is 63.1 Å². The number of hydrogen-bond donors (Lipinski definition) is 3. The van der Waals surface area contributed by atoms with E-state index in [1.165, 1.54) is 12.1 Å². The predicted octanol–water partition coefficient (Wildman–Crippen LogP) is 4.57. The number of hydrogen-bond acceptors (Lipinski definition) is 7. The molecule has 1 fully saturated rings. The number of fused-ring (bicyclic) bond motifs is 2. The van der Waals surface area contributed by atoms with Crippen LogP contribution in [0.5, 0.6) is 0 Å². The molecule has 0 spiro atoms. The molecule has 4 aromatic rings. The third-order valence-corrected chi connectivity index (χ3v) is 8.16. The van der Waals surface area contributed by atoms with Crippen LogP contribution in [0.4, 0.5) is 21.6 Å². The van der Waals surface area contributed by atoms with Gasteiger partial charge in [-0.3, -0.25) is 9.20 Å². The van der Waals surface area contributed by atoms with E-state index in [0.717, 1.165) is 54.1 Å². The van der Waals surface area contributed by atoms with Crippen molar-refractivity contribution >= 4 is 28.7 Å². The number of halogens is 1. The van der Waals surface area contributed by atoms with Gasteiger partial charge in [0.05, 0.1) is 40.1 Å². The van der Waals surface area contributed by atoms with Crippen LogP contribution in [0.15, 0.2) is 48.8 Å². The van der Waals surface area contributed by atoms with Gasteiger partial charge in [0.2, 0.25) is 0 Å². The third kappa shape index (κ3) is 5.25. The van der Waals surface area contributed by atoms with E-state index < -0.39 is 5.60 Å². The summed E-state index contributed by atoms with van der Waals surface area (Å²) in [5.41, 5.74) is 5.55. The molecule has 10 heteroatoms. The second-order valence-electron chi connectivity index (χ2n) is 11.9. The van der Waals surface area contributed by atoms with Crippen molar-refractivity contribution in [3.05, 3.63) is 71.4 Å². The van der Waals surface area contributed by atoms with Gasteiger partial charge >= 0.3 is 0 Å². The molecule has 1 atom stereocenters. The summed E-state index contributed by atoms with van der Waals surface area (Å²) in [7, 11) is 4.04. The average Bonchev–Trinajstić information content (AvgIpc) is 3.52. The van der Waals surface area contributed by atoms with Gasteiger partial charge < -0.3 is 25.5 Å². The number of anilines is 3. The lowest BCUT2D eigenvalue weighted by atomic mass is 9.84. The van der Waals surface area contributed by atoms with E-state index in [-0.39, 0.29) is 17.6 Å². The van der Waals surface area contributed by atoms with Crippen LogP contribution in [-0.2, 0) is 13.1 Å². The van der Waals surface area contributed by atoms with Crippen molar-refractivity contribution in [2.75, 3.05) is 37.4 Å². The molecule has 6 rings (SSSR count). The molecule has 41 heavy (non-hydrogen) atoms. The Bertz CT molecular complexity index is 1620. The number of nitrogens with one attached hydrogen (secondary N) is 2. The Hall–Kier alpha value is -4.02. The lowest BCUT2D eigenvalue weighted by molar-refractivity contribution is 0.0110. The maximum atomic E-state index is 13.7. The molecule has 1 saturated heterocycles. The summed E-state index contributed by atoms with van der Waals surface area (Å²) in [6.45, 7) is 6.53. The minimum atomic E-state index is -0.734. The van der Waals surface area contributed by atoms with Crippen molar-refractivity contribution in [2.45, 2.75) is 45.4 Å². The zero-order valence-electron chi connectivity index (χ0n) is 23.9. The number of aliphatic hydroxyl groups is 1. The smallest absolute Gasteiger partial charge is 0.254 e. The highest BCUT2D eigenvalue weighted by Crippen LogP contribution is 2.37. The van der Waals surface area contributed by atoms with Gasteiger partial charge in [-0.15, -0.1) is 0 Å². The molecule has 0 bridgehead atoms. The van der Waals surface area contributed by atoms with Crippen LogP contribution in [0.2, 0.25) is 0 Å². The van der Waals surface area contributed by atoms with Crippen LogP contribution in [0.3, 0.4) is 0 Å². The topological polar surface area (TPSA) is 98.0 Å². The van der Waals surface area contributed by atoms with E-state index >= 15 is 0 Å². The summed E-state index contributed by atoms with van der Waals surface area (Å²) < 4.78 is 15.6. The Morgan fingerprint density at radius 1 is 1.22 bits per heavy atom. The largest absolute Gasteiger partial charge is 0.390 e. The molecule has 1 aromatic carbocycles. The highest BCUT2D eigenvalue weighted by molar-refractivity contribution is 6.06. The van der Waals surface area contributed by atoms with E-state index in [1.54, 1.807) is 12.4 Å². The Morgan fingerprint density at radius 2 is 2.05 bits per heavy atom. The number of aromatic nitrogens is 3. The zero-order valence-corrected chi connectivity index (χ0v) is 23.9. The summed E-state index contributed by atoms with van der Waals surface area (Å²) in [4.78, 5) is 26.8. The number of imidazole rings is 1. The van der Waals surface area contributed by atoms with Crippen LogP contribution >= 0.6 is 0 Å². The summed E-state index contributed by atoms with van der Waals surface area (Å²) in [5, 5.41) is 17.0. The van der Waals surface area contributed by atoms with Crippen molar-refractivity contribution in [2.24, 2.45) is 5.92 Å². The second-order valence-corrected chi connectivity index (χ2v) is 11.9. The Balaban J connectivity index is 1.34. The Labute approximate surface area is 239 Å². The number of benzene rings is 1. The van der Waals surface area contributed by atoms with Crippen molar-refractivity contribution in [3.8, 4) is 11.3 Å². The Morgan fingerprint density at radius 3 is 2.83 bits per heavy atom. The molecule has 5 heterocycles. The normalized spacial score (nSPS) is 17.3. The van der Waals surface area contributed by atoms with Gasteiger partial charge in [0.1, 0.15) is 17.3 Å². The lowest BCUT2D eigenvalue weighted by Gasteiger charge is -2.40. The number of piperidine rings is 1. The minimum Gasteiger partial charge on any atom is -0.390 e. The fraction of sp³-hybridized carbons (Fsp3) is 0.387. The zero-order chi connectivity index (χ0) is 28.9. The molecule has 3 N–H and O–H groups in total. The van der Waals surface area contributed by atoms with E-state index in [9.17, 15) is 14.3 Å². The number of amides is 1. The minimum absolute atomic E-state index is 0.152. The van der Waals surface area contributed by atoms with Gasteiger partial charge in [0, 0.05) is 49.9 Å². The average molecular weight is 558 g/mol. The number of carbonyl (C=O) groups is 1. The van der Waals surface area contributed by atoms with Gasteiger partial charge in [-0.2, -0.15) is 0 Å². The SMILES string of the molecule is CN(C)Cc1nc(Nc2ccc(-c3cnc4cc(F)ccn34)c3c2C(=O)NC3)ccc1N1CCCC(C(C)(C)O)C1. The van der Waals surface area contributed by atoms with Crippen molar-refractivity contribution in [3.63, 3.8) is 0 Å². The first-order chi connectivity index (χ1) is 19.6. The predicted molar refractivity (Wildman–Crippen MR) is 158 cm³/mol. The number of pyridine rings is 2. The van der Waals surface area contributed by atoms with Gasteiger partial charge in [0.15, 0.2) is 0 Å². The quantitative estimate of drug-likeness (QED) is 0.306. The van der Waals surface area contributed by atoms with Crippen LogP contribution in [0.1, 0.15) is 48.3 Å². The van der Waals surface area contributed by atoms with E-state index in [1.807, 2.05) is 50.5 Å². The summed E-state index contributed by atoms with van der Waals surface area (Å²) >= 11 is 0. The maximum absolute atomic E-state index is 13.7. The first-order valence-electron chi connectivity index (χ1n) is 14.0. The standard InChI is InChI=1S/C31H36FN7O2/c1-31(2,41)19-6-5-12-38(17-19)25-9-10-27(36-24(25)18-37(3)4)35-23-8-7-21(22-15-34-30(40)29(22)23)26-16-33-28-14-20(32)11-13-39(26)28/h7-11,13-14,16,19,41H,5-6,12,15,17-18H2,1-4H3,(H,34,40)(H,35,36). The van der Waals surface area contributed by atoms with Gasteiger partial charge in [-0.1, -0.05) is 6.07 Å². The molecular formula is C31H36FN7O2. The summed E-state index contributed by atoms with van der Waals surface area (Å²) in [6, 6.07) is 10.7. The van der Waals surface area contributed by atoms with Gasteiger partial charge in [0.25, 0.3) is 5.91 Å². The molecule has 0 radical (unpaired) electrons. The molecule has 1 unspecified atom stereocenters. The molecule has 0 aliphatic carbocycles. The van der Waals surface area contributed by atoms with E-state index in [2.05, 4.69) is 31.5 Å². The maximum Gasteiger partial charge on any atom is 0.254 e.